The smallest absolute Gasteiger partial charge is 0.136 e. The van der Waals surface area contributed by atoms with E-state index in [1.807, 2.05) is 0 Å². The number of hydrogen-bond acceptors (Lipinski definition) is 1. The van der Waals surface area contributed by atoms with Gasteiger partial charge in [0.15, 0.2) is 0 Å². The summed E-state index contributed by atoms with van der Waals surface area (Å²) in [5.41, 5.74) is 0. The van der Waals surface area contributed by atoms with Crippen LogP contribution in [0.5, 0.6) is 0 Å². The lowest BCUT2D eigenvalue weighted by Crippen LogP contribution is -2.26. The van der Waals surface area contributed by atoms with Crippen molar-refractivity contribution in [2.24, 2.45) is 11.8 Å². The third-order valence-corrected chi connectivity index (χ3v) is 3.87. The van der Waals surface area contributed by atoms with Gasteiger partial charge in [-0.2, -0.15) is 0 Å². The summed E-state index contributed by atoms with van der Waals surface area (Å²) in [7, 11) is 0. The van der Waals surface area contributed by atoms with E-state index in [0.29, 0.717) is 17.6 Å². The van der Waals surface area contributed by atoms with Gasteiger partial charge < -0.3 is 0 Å². The molecule has 0 aliphatic heterocycles. The monoisotopic (exact) mass is 210 g/mol. The molecule has 0 saturated heterocycles. The van der Waals surface area contributed by atoms with Crippen molar-refractivity contribution in [1.29, 1.82) is 0 Å². The molecule has 0 amide bonds. The van der Waals surface area contributed by atoms with Crippen LogP contribution < -0.4 is 0 Å². The van der Waals surface area contributed by atoms with Crippen LogP contribution in [0.25, 0.3) is 0 Å². The maximum Gasteiger partial charge on any atom is 0.136 e. The molecule has 1 rings (SSSR count). The molecule has 2 unspecified atom stereocenters. The molecule has 0 heterocycles. The maximum atomic E-state index is 12.0. The van der Waals surface area contributed by atoms with Crippen LogP contribution in [-0.2, 0) is 4.79 Å². The highest BCUT2D eigenvalue weighted by Gasteiger charge is 2.28. The fourth-order valence-electron chi connectivity index (χ4n) is 2.85. The van der Waals surface area contributed by atoms with Gasteiger partial charge in [0.1, 0.15) is 5.78 Å². The lowest BCUT2D eigenvalue weighted by Gasteiger charge is -2.29. The van der Waals surface area contributed by atoms with Crippen LogP contribution in [0.15, 0.2) is 0 Å². The average molecular weight is 210 g/mol. The van der Waals surface area contributed by atoms with Crippen molar-refractivity contribution in [3.63, 3.8) is 0 Å². The Morgan fingerprint density at radius 3 is 2.53 bits per heavy atom. The SMILES string of the molecule is CCCCCC(=O)C1CCCCC1CC. The molecule has 15 heavy (non-hydrogen) atoms. The molecule has 0 aromatic rings. The van der Waals surface area contributed by atoms with E-state index in [9.17, 15) is 4.79 Å². The molecular weight excluding hydrogens is 184 g/mol. The topological polar surface area (TPSA) is 17.1 Å². The molecule has 0 aromatic heterocycles. The van der Waals surface area contributed by atoms with Crippen molar-refractivity contribution < 1.29 is 4.79 Å². The molecule has 0 aromatic carbocycles. The normalized spacial score (nSPS) is 26.5. The number of hydrogen-bond donors (Lipinski definition) is 0. The Balaban J connectivity index is 2.34. The Morgan fingerprint density at radius 1 is 1.13 bits per heavy atom. The Bertz CT molecular complexity index is 186. The van der Waals surface area contributed by atoms with Gasteiger partial charge in [-0.3, -0.25) is 4.79 Å². The molecule has 88 valence electrons. The van der Waals surface area contributed by atoms with E-state index in [2.05, 4.69) is 13.8 Å². The number of Topliss-reactive ketones (excluding diaryl/α,β-unsaturated/α-hetero) is 1. The second kappa shape index (κ2) is 7.03. The predicted molar refractivity (Wildman–Crippen MR) is 64.9 cm³/mol. The van der Waals surface area contributed by atoms with Crippen molar-refractivity contribution in [1.82, 2.24) is 0 Å². The highest BCUT2D eigenvalue weighted by atomic mass is 16.1. The van der Waals surface area contributed by atoms with Crippen LogP contribution in [0.1, 0.15) is 71.6 Å². The van der Waals surface area contributed by atoms with Gasteiger partial charge in [0.25, 0.3) is 0 Å². The van der Waals surface area contributed by atoms with Gasteiger partial charge in [-0.05, 0) is 25.2 Å². The molecule has 1 heteroatoms. The molecule has 1 fully saturated rings. The number of rotatable bonds is 6. The van der Waals surface area contributed by atoms with Gasteiger partial charge in [-0.15, -0.1) is 0 Å². The van der Waals surface area contributed by atoms with Crippen molar-refractivity contribution >= 4 is 5.78 Å². The quantitative estimate of drug-likeness (QED) is 0.596. The molecule has 1 saturated carbocycles. The second-order valence-corrected chi connectivity index (χ2v) is 4.98. The third-order valence-electron chi connectivity index (χ3n) is 3.87. The van der Waals surface area contributed by atoms with Crippen LogP contribution in [0.2, 0.25) is 0 Å². The molecule has 1 aliphatic rings. The van der Waals surface area contributed by atoms with Crippen molar-refractivity contribution in [3.05, 3.63) is 0 Å². The summed E-state index contributed by atoms with van der Waals surface area (Å²) in [5.74, 6) is 1.68. The summed E-state index contributed by atoms with van der Waals surface area (Å²) >= 11 is 0. The fourth-order valence-corrected chi connectivity index (χ4v) is 2.85. The van der Waals surface area contributed by atoms with E-state index in [1.165, 1.54) is 44.9 Å². The van der Waals surface area contributed by atoms with Gasteiger partial charge in [-0.25, -0.2) is 0 Å². The molecule has 2 atom stereocenters. The number of carbonyl (C=O) groups is 1. The van der Waals surface area contributed by atoms with Crippen molar-refractivity contribution in [2.45, 2.75) is 71.6 Å². The van der Waals surface area contributed by atoms with Gasteiger partial charge in [0.2, 0.25) is 0 Å². The Labute approximate surface area is 94.6 Å². The van der Waals surface area contributed by atoms with Crippen LogP contribution >= 0.6 is 0 Å². The van der Waals surface area contributed by atoms with Gasteiger partial charge in [0.05, 0.1) is 0 Å². The largest absolute Gasteiger partial charge is 0.299 e. The Hall–Kier alpha value is -0.330. The first kappa shape index (κ1) is 12.7. The Morgan fingerprint density at radius 2 is 1.87 bits per heavy atom. The zero-order chi connectivity index (χ0) is 11.1. The van der Waals surface area contributed by atoms with Gasteiger partial charge >= 0.3 is 0 Å². The average Bonchev–Trinajstić information content (AvgIpc) is 2.29. The predicted octanol–water partition coefficient (Wildman–Crippen LogP) is 4.35. The minimum atomic E-state index is 0.417. The first-order valence-electron chi connectivity index (χ1n) is 6.82. The fraction of sp³-hybridized carbons (Fsp3) is 0.929. The molecule has 0 bridgehead atoms. The summed E-state index contributed by atoms with van der Waals surface area (Å²) in [6.07, 6.45) is 10.7. The summed E-state index contributed by atoms with van der Waals surface area (Å²) < 4.78 is 0. The van der Waals surface area contributed by atoms with Crippen LogP contribution in [0, 0.1) is 11.8 Å². The number of ketones is 1. The summed E-state index contributed by atoms with van der Waals surface area (Å²) in [5, 5.41) is 0. The van der Waals surface area contributed by atoms with Crippen LogP contribution in [0.3, 0.4) is 0 Å². The van der Waals surface area contributed by atoms with E-state index in [0.717, 1.165) is 12.8 Å². The van der Waals surface area contributed by atoms with E-state index in [1.54, 1.807) is 0 Å². The van der Waals surface area contributed by atoms with Crippen LogP contribution in [0.4, 0.5) is 0 Å². The standard InChI is InChI=1S/C14H26O/c1-3-5-6-11-14(15)13-10-8-7-9-12(13)4-2/h12-13H,3-11H2,1-2H3. The maximum absolute atomic E-state index is 12.0. The summed E-state index contributed by atoms with van der Waals surface area (Å²) in [6.45, 7) is 4.43. The molecule has 1 nitrogen and oxygen atoms in total. The van der Waals surface area contributed by atoms with Gasteiger partial charge in [-0.1, -0.05) is 46.0 Å². The van der Waals surface area contributed by atoms with E-state index >= 15 is 0 Å². The zero-order valence-corrected chi connectivity index (χ0v) is 10.4. The third kappa shape index (κ3) is 3.96. The highest BCUT2D eigenvalue weighted by Crippen LogP contribution is 2.33. The molecule has 1 aliphatic carbocycles. The number of carbonyl (C=O) groups excluding carboxylic acids is 1. The summed E-state index contributed by atoms with van der Waals surface area (Å²) in [6, 6.07) is 0. The molecule has 0 N–H and O–H groups in total. The first-order valence-corrected chi connectivity index (χ1v) is 6.82. The minimum absolute atomic E-state index is 0.417. The molecular formula is C14H26O. The van der Waals surface area contributed by atoms with Crippen molar-refractivity contribution in [2.75, 3.05) is 0 Å². The summed E-state index contributed by atoms with van der Waals surface area (Å²) in [4.78, 5) is 12.0. The van der Waals surface area contributed by atoms with Crippen molar-refractivity contribution in [3.8, 4) is 0 Å². The lowest BCUT2D eigenvalue weighted by molar-refractivity contribution is -0.125. The van der Waals surface area contributed by atoms with E-state index in [4.69, 9.17) is 0 Å². The molecule has 0 spiro atoms. The zero-order valence-electron chi connectivity index (χ0n) is 10.4. The highest BCUT2D eigenvalue weighted by molar-refractivity contribution is 5.81. The van der Waals surface area contributed by atoms with E-state index in [-0.39, 0.29) is 0 Å². The first-order chi connectivity index (χ1) is 7.29. The molecule has 0 radical (unpaired) electrons. The Kier molecular flexibility index (Phi) is 5.97. The van der Waals surface area contributed by atoms with E-state index < -0.39 is 0 Å². The lowest BCUT2D eigenvalue weighted by atomic mass is 9.75. The minimum Gasteiger partial charge on any atom is -0.299 e. The second-order valence-electron chi connectivity index (χ2n) is 4.98. The number of unbranched alkanes of at least 4 members (excludes halogenated alkanes) is 2. The van der Waals surface area contributed by atoms with Gasteiger partial charge in [0, 0.05) is 12.3 Å². The van der Waals surface area contributed by atoms with Crippen LogP contribution in [-0.4, -0.2) is 5.78 Å².